The van der Waals surface area contributed by atoms with E-state index in [4.69, 9.17) is 9.52 Å². The highest BCUT2D eigenvalue weighted by atomic mass is 16.6. The van der Waals surface area contributed by atoms with Crippen molar-refractivity contribution < 1.29 is 24.0 Å². The zero-order valence-corrected chi connectivity index (χ0v) is 14.4. The predicted octanol–water partition coefficient (Wildman–Crippen LogP) is 1.46. The SMILES string of the molecule is CC(CN(C)C(=O)CCCn1c(=O)oc2cc([N+](=O)[O-])ccc21)C(=O)O. The van der Waals surface area contributed by atoms with Gasteiger partial charge in [0.25, 0.3) is 5.69 Å². The lowest BCUT2D eigenvalue weighted by molar-refractivity contribution is -0.384. The third kappa shape index (κ3) is 4.26. The minimum atomic E-state index is -0.977. The Hall–Kier alpha value is -3.17. The molecule has 0 aliphatic carbocycles. The first-order valence-electron chi connectivity index (χ1n) is 7.95. The number of fused-ring (bicyclic) bond motifs is 1. The Bertz CT molecular complexity index is 899. The van der Waals surface area contributed by atoms with E-state index in [-0.39, 0.29) is 36.7 Å². The van der Waals surface area contributed by atoms with Crippen LogP contribution in [0, 0.1) is 16.0 Å². The van der Waals surface area contributed by atoms with Crippen LogP contribution in [0.2, 0.25) is 0 Å². The number of hydrogen-bond donors (Lipinski definition) is 1. The zero-order valence-electron chi connectivity index (χ0n) is 14.4. The van der Waals surface area contributed by atoms with Crippen LogP contribution in [0.25, 0.3) is 11.1 Å². The number of oxazole rings is 1. The van der Waals surface area contributed by atoms with Crippen molar-refractivity contribution in [1.82, 2.24) is 9.47 Å². The van der Waals surface area contributed by atoms with Crippen molar-refractivity contribution in [2.75, 3.05) is 13.6 Å². The number of carboxylic acid groups (broad SMARTS) is 1. The summed E-state index contributed by atoms with van der Waals surface area (Å²) < 4.78 is 6.33. The molecule has 1 unspecified atom stereocenters. The lowest BCUT2D eigenvalue weighted by Gasteiger charge is -2.19. The van der Waals surface area contributed by atoms with Crippen molar-refractivity contribution in [2.24, 2.45) is 5.92 Å². The largest absolute Gasteiger partial charge is 0.481 e. The van der Waals surface area contributed by atoms with Crippen LogP contribution < -0.4 is 5.76 Å². The van der Waals surface area contributed by atoms with Gasteiger partial charge in [-0.25, -0.2) is 4.79 Å². The maximum atomic E-state index is 12.0. The summed E-state index contributed by atoms with van der Waals surface area (Å²) in [5, 5.41) is 19.6. The molecule has 0 bridgehead atoms. The summed E-state index contributed by atoms with van der Waals surface area (Å²) in [5.74, 6) is -2.52. The number of nitrogens with zero attached hydrogens (tertiary/aromatic N) is 3. The molecule has 10 heteroatoms. The standard InChI is InChI=1S/C16H19N3O7/c1-10(15(21)22)9-17(2)14(20)4-3-7-18-12-6-5-11(19(24)25)8-13(12)26-16(18)23/h5-6,8,10H,3-4,7,9H2,1-2H3,(H,21,22). The number of carbonyl (C=O) groups is 2. The van der Waals surface area contributed by atoms with Gasteiger partial charge in [0.05, 0.1) is 22.4 Å². The average Bonchev–Trinajstić information content (AvgIpc) is 2.89. The number of nitro benzene ring substituents is 1. The van der Waals surface area contributed by atoms with Crippen molar-refractivity contribution in [3.8, 4) is 0 Å². The van der Waals surface area contributed by atoms with Gasteiger partial charge in [0.1, 0.15) is 0 Å². The Morgan fingerprint density at radius 1 is 1.42 bits per heavy atom. The van der Waals surface area contributed by atoms with E-state index in [0.717, 1.165) is 0 Å². The number of amides is 1. The molecule has 0 fully saturated rings. The van der Waals surface area contributed by atoms with Gasteiger partial charge in [-0.2, -0.15) is 0 Å². The van der Waals surface area contributed by atoms with E-state index >= 15 is 0 Å². The molecule has 0 radical (unpaired) electrons. The van der Waals surface area contributed by atoms with Crippen LogP contribution in [0.15, 0.2) is 27.4 Å². The van der Waals surface area contributed by atoms with Gasteiger partial charge in [0.15, 0.2) is 5.58 Å². The molecule has 0 saturated heterocycles. The van der Waals surface area contributed by atoms with Crippen LogP contribution >= 0.6 is 0 Å². The van der Waals surface area contributed by atoms with Crippen molar-refractivity contribution >= 4 is 28.7 Å². The summed E-state index contributed by atoms with van der Waals surface area (Å²) in [5.41, 5.74) is 0.353. The molecule has 140 valence electrons. The molecule has 0 spiro atoms. The number of aromatic nitrogens is 1. The van der Waals surface area contributed by atoms with Crippen LogP contribution in [-0.4, -0.2) is 45.0 Å². The molecule has 1 aromatic heterocycles. The Morgan fingerprint density at radius 2 is 2.12 bits per heavy atom. The minimum absolute atomic E-state index is 0.104. The molecule has 2 aromatic rings. The Kier molecular flexibility index (Phi) is 5.75. The quantitative estimate of drug-likeness (QED) is 0.552. The summed E-state index contributed by atoms with van der Waals surface area (Å²) in [6.07, 6.45) is 0.477. The number of aryl methyl sites for hydroxylation is 1. The first kappa shape index (κ1) is 19.2. The highest BCUT2D eigenvalue weighted by molar-refractivity contribution is 5.77. The lowest BCUT2D eigenvalue weighted by Crippen LogP contribution is -2.33. The highest BCUT2D eigenvalue weighted by Gasteiger charge is 2.18. The second-order valence-corrected chi connectivity index (χ2v) is 6.05. The monoisotopic (exact) mass is 365 g/mol. The number of hydrogen-bond acceptors (Lipinski definition) is 6. The number of non-ortho nitro benzene ring substituents is 1. The molecule has 1 heterocycles. The van der Waals surface area contributed by atoms with E-state index in [1.807, 2.05) is 0 Å². The average molecular weight is 365 g/mol. The Morgan fingerprint density at radius 3 is 2.73 bits per heavy atom. The fourth-order valence-electron chi connectivity index (χ4n) is 2.55. The van der Waals surface area contributed by atoms with Crippen LogP contribution in [0.5, 0.6) is 0 Å². The van der Waals surface area contributed by atoms with Gasteiger partial charge in [-0.15, -0.1) is 0 Å². The van der Waals surface area contributed by atoms with Crippen LogP contribution in [0.4, 0.5) is 5.69 Å². The molecule has 1 amide bonds. The van der Waals surface area contributed by atoms with E-state index in [1.165, 1.54) is 41.6 Å². The fourth-order valence-corrected chi connectivity index (χ4v) is 2.55. The smallest absolute Gasteiger partial charge is 0.419 e. The Labute approximate surface area is 147 Å². The molecule has 1 N–H and O–H groups in total. The molecule has 26 heavy (non-hydrogen) atoms. The van der Waals surface area contributed by atoms with Crippen LogP contribution in [-0.2, 0) is 16.1 Å². The van der Waals surface area contributed by atoms with E-state index < -0.39 is 22.6 Å². The summed E-state index contributed by atoms with van der Waals surface area (Å²) in [4.78, 5) is 46.3. The molecule has 0 aliphatic heterocycles. The topological polar surface area (TPSA) is 136 Å². The second-order valence-electron chi connectivity index (χ2n) is 6.05. The fraction of sp³-hybridized carbons (Fsp3) is 0.438. The molecule has 0 aliphatic rings. The van der Waals surface area contributed by atoms with Crippen molar-refractivity contribution in [1.29, 1.82) is 0 Å². The highest BCUT2D eigenvalue weighted by Crippen LogP contribution is 2.20. The van der Waals surface area contributed by atoms with Crippen molar-refractivity contribution in [3.05, 3.63) is 38.9 Å². The molecule has 0 saturated carbocycles. The van der Waals surface area contributed by atoms with Gasteiger partial charge in [0.2, 0.25) is 5.91 Å². The summed E-state index contributed by atoms with van der Waals surface area (Å²) in [7, 11) is 1.53. The number of benzene rings is 1. The van der Waals surface area contributed by atoms with Crippen LogP contribution in [0.3, 0.4) is 0 Å². The van der Waals surface area contributed by atoms with Crippen molar-refractivity contribution in [3.63, 3.8) is 0 Å². The van der Waals surface area contributed by atoms with Gasteiger partial charge in [-0.05, 0) is 12.5 Å². The molecule has 2 rings (SSSR count). The van der Waals surface area contributed by atoms with E-state index in [0.29, 0.717) is 11.9 Å². The third-order valence-corrected chi connectivity index (χ3v) is 4.03. The van der Waals surface area contributed by atoms with Gasteiger partial charge >= 0.3 is 11.7 Å². The molecule has 10 nitrogen and oxygen atoms in total. The van der Waals surface area contributed by atoms with Gasteiger partial charge in [-0.3, -0.25) is 24.3 Å². The number of carbonyl (C=O) groups excluding carboxylic acids is 1. The number of carboxylic acids is 1. The Balaban J connectivity index is 2.00. The maximum absolute atomic E-state index is 12.0. The van der Waals surface area contributed by atoms with E-state index in [2.05, 4.69) is 0 Å². The summed E-state index contributed by atoms with van der Waals surface area (Å²) in [6, 6.07) is 3.89. The van der Waals surface area contributed by atoms with Gasteiger partial charge in [0, 0.05) is 32.6 Å². The van der Waals surface area contributed by atoms with E-state index in [1.54, 1.807) is 0 Å². The van der Waals surface area contributed by atoms with Gasteiger partial charge in [-0.1, -0.05) is 6.92 Å². The van der Waals surface area contributed by atoms with Crippen LogP contribution in [0.1, 0.15) is 19.8 Å². The third-order valence-electron chi connectivity index (χ3n) is 4.03. The predicted molar refractivity (Wildman–Crippen MR) is 90.8 cm³/mol. The number of aliphatic carboxylic acids is 1. The van der Waals surface area contributed by atoms with E-state index in [9.17, 15) is 24.5 Å². The lowest BCUT2D eigenvalue weighted by atomic mass is 10.1. The van der Waals surface area contributed by atoms with Gasteiger partial charge < -0.3 is 14.4 Å². The molecule has 1 aromatic carbocycles. The van der Waals surface area contributed by atoms with Crippen molar-refractivity contribution in [2.45, 2.75) is 26.3 Å². The molecule has 1 atom stereocenters. The molecular weight excluding hydrogens is 346 g/mol. The summed E-state index contributed by atoms with van der Waals surface area (Å²) >= 11 is 0. The number of nitro groups is 1. The second kappa shape index (κ2) is 7.81. The normalized spacial score (nSPS) is 12.1. The maximum Gasteiger partial charge on any atom is 0.419 e. The first-order valence-corrected chi connectivity index (χ1v) is 7.95. The molecular formula is C16H19N3O7. The minimum Gasteiger partial charge on any atom is -0.481 e. The zero-order chi connectivity index (χ0) is 19.4. The first-order chi connectivity index (χ1) is 12.2. The summed E-state index contributed by atoms with van der Waals surface area (Å²) in [6.45, 7) is 1.83. The number of rotatable bonds is 8.